The fourth-order valence-electron chi connectivity index (χ4n) is 2.22. The number of fused-ring (bicyclic) bond motifs is 2. The number of para-hydroxylation sites is 2. The molecule has 3 rings (SSSR count). The van der Waals surface area contributed by atoms with Crippen LogP contribution in [0.25, 0.3) is 22.1 Å². The van der Waals surface area contributed by atoms with Gasteiger partial charge in [0.25, 0.3) is 0 Å². The fraction of sp³-hybridized carbons (Fsp3) is 0. The zero-order valence-corrected chi connectivity index (χ0v) is 10.8. The Morgan fingerprint density at radius 1 is 0.773 bits per heavy atom. The average Bonchev–Trinajstić information content (AvgIpc) is 2.48. The number of aromatic hydroxyl groups is 2. The Morgan fingerprint density at radius 2 is 1.14 bits per heavy atom. The van der Waals surface area contributed by atoms with Gasteiger partial charge in [0.2, 0.25) is 0 Å². The summed E-state index contributed by atoms with van der Waals surface area (Å²) in [6.45, 7) is 0. The number of hydrogen-bond donors (Lipinski definition) is 4. The van der Waals surface area contributed by atoms with Gasteiger partial charge in [0.1, 0.15) is 22.2 Å². The third-order valence-electron chi connectivity index (χ3n) is 3.17. The monoisotopic (exact) mass is 300 g/mol. The van der Waals surface area contributed by atoms with Crippen LogP contribution >= 0.6 is 0 Å². The van der Waals surface area contributed by atoms with Crippen LogP contribution in [0.5, 0.6) is 11.5 Å². The normalized spacial score (nSPS) is 10.9. The molecule has 0 amide bonds. The van der Waals surface area contributed by atoms with Gasteiger partial charge < -0.3 is 20.4 Å². The van der Waals surface area contributed by atoms with Crippen LogP contribution in [0, 0.1) is 0 Å². The molecule has 0 aliphatic carbocycles. The zero-order chi connectivity index (χ0) is 16.0. The Morgan fingerprint density at radius 3 is 1.45 bits per heavy atom. The van der Waals surface area contributed by atoms with E-state index in [2.05, 4.69) is 9.97 Å². The van der Waals surface area contributed by atoms with Crippen molar-refractivity contribution in [1.82, 2.24) is 9.97 Å². The van der Waals surface area contributed by atoms with Gasteiger partial charge in [0.15, 0.2) is 11.5 Å². The number of carbonyl (C=O) groups is 2. The van der Waals surface area contributed by atoms with E-state index in [9.17, 15) is 19.8 Å². The Balaban J connectivity index is 2.58. The van der Waals surface area contributed by atoms with Crippen molar-refractivity contribution in [3.05, 3.63) is 35.4 Å². The van der Waals surface area contributed by atoms with E-state index in [0.717, 1.165) is 0 Å². The van der Waals surface area contributed by atoms with E-state index in [0.29, 0.717) is 11.0 Å². The lowest BCUT2D eigenvalue weighted by Gasteiger charge is -2.11. The maximum Gasteiger partial charge on any atom is 0.340 e. The molecule has 3 aromatic rings. The molecule has 110 valence electrons. The highest BCUT2D eigenvalue weighted by Crippen LogP contribution is 2.38. The predicted octanol–water partition coefficient (Wildman–Crippen LogP) is 1.59. The Hall–Kier alpha value is -3.42. The van der Waals surface area contributed by atoms with E-state index in [1.165, 1.54) is 0 Å². The predicted molar refractivity (Wildman–Crippen MR) is 74.3 cm³/mol. The van der Waals surface area contributed by atoms with Crippen LogP contribution < -0.4 is 0 Å². The minimum absolute atomic E-state index is 0.279. The van der Waals surface area contributed by atoms with E-state index >= 15 is 0 Å². The highest BCUT2D eigenvalue weighted by Gasteiger charge is 2.29. The van der Waals surface area contributed by atoms with Crippen molar-refractivity contribution in [3.8, 4) is 11.5 Å². The van der Waals surface area contributed by atoms with E-state index in [1.54, 1.807) is 24.3 Å². The minimum Gasteiger partial charge on any atom is -0.505 e. The van der Waals surface area contributed by atoms with Crippen molar-refractivity contribution >= 4 is 34.0 Å². The number of benzene rings is 2. The van der Waals surface area contributed by atoms with Gasteiger partial charge in [-0.15, -0.1) is 0 Å². The summed E-state index contributed by atoms with van der Waals surface area (Å²) in [6.07, 6.45) is 0. The van der Waals surface area contributed by atoms with Gasteiger partial charge >= 0.3 is 11.9 Å². The molecule has 0 bridgehead atoms. The second-order valence-electron chi connectivity index (χ2n) is 4.47. The number of nitrogens with zero attached hydrogens (tertiary/aromatic N) is 2. The second-order valence-corrected chi connectivity index (χ2v) is 4.47. The van der Waals surface area contributed by atoms with Crippen LogP contribution in [-0.2, 0) is 0 Å². The summed E-state index contributed by atoms with van der Waals surface area (Å²) in [5.41, 5.74) is -1.69. The molecule has 1 heterocycles. The topological polar surface area (TPSA) is 141 Å². The van der Waals surface area contributed by atoms with Gasteiger partial charge in [0, 0.05) is 0 Å². The quantitative estimate of drug-likeness (QED) is 0.413. The first-order chi connectivity index (χ1) is 10.4. The molecule has 0 saturated heterocycles. The zero-order valence-electron chi connectivity index (χ0n) is 10.8. The molecule has 8 heteroatoms. The lowest BCUT2D eigenvalue weighted by Crippen LogP contribution is -2.10. The van der Waals surface area contributed by atoms with Crippen LogP contribution in [0.3, 0.4) is 0 Å². The standard InChI is InChI=1S/C14H8N2O6/c17-11-7(13(19)20)8(14(21)22)12(18)10-9(11)15-5-3-1-2-4-6(5)16-10/h1-4,17-18H,(H,19,20)(H,21,22). The van der Waals surface area contributed by atoms with Crippen molar-refractivity contribution in [2.24, 2.45) is 0 Å². The minimum atomic E-state index is -1.69. The number of hydrogen-bond acceptors (Lipinski definition) is 6. The Kier molecular flexibility index (Phi) is 2.81. The Labute approximate surface area is 121 Å². The van der Waals surface area contributed by atoms with E-state index in [4.69, 9.17) is 10.2 Å². The molecule has 2 aromatic carbocycles. The maximum atomic E-state index is 11.2. The lowest BCUT2D eigenvalue weighted by molar-refractivity contribution is 0.0646. The molecule has 0 spiro atoms. The third kappa shape index (κ3) is 1.78. The molecule has 0 radical (unpaired) electrons. The van der Waals surface area contributed by atoms with Gasteiger partial charge in [0.05, 0.1) is 11.0 Å². The molecule has 0 aliphatic heterocycles. The van der Waals surface area contributed by atoms with Gasteiger partial charge in [-0.05, 0) is 12.1 Å². The number of carboxylic acids is 2. The first-order valence-corrected chi connectivity index (χ1v) is 6.02. The summed E-state index contributed by atoms with van der Waals surface area (Å²) in [6, 6.07) is 6.51. The highest BCUT2D eigenvalue weighted by atomic mass is 16.4. The third-order valence-corrected chi connectivity index (χ3v) is 3.17. The van der Waals surface area contributed by atoms with Crippen molar-refractivity contribution in [2.75, 3.05) is 0 Å². The summed E-state index contributed by atoms with van der Waals surface area (Å²) in [5, 5.41) is 38.4. The molecule has 0 unspecified atom stereocenters. The number of aromatic carboxylic acids is 2. The van der Waals surface area contributed by atoms with Crippen LogP contribution in [0.4, 0.5) is 0 Å². The van der Waals surface area contributed by atoms with Gasteiger partial charge in [-0.25, -0.2) is 19.6 Å². The number of rotatable bonds is 2. The summed E-state index contributed by atoms with van der Waals surface area (Å²) in [4.78, 5) is 30.6. The molecule has 0 atom stereocenters. The van der Waals surface area contributed by atoms with E-state index < -0.39 is 34.6 Å². The molecule has 0 saturated carbocycles. The maximum absolute atomic E-state index is 11.2. The van der Waals surface area contributed by atoms with Crippen molar-refractivity contribution in [2.45, 2.75) is 0 Å². The molecule has 1 aromatic heterocycles. The molecular weight excluding hydrogens is 292 g/mol. The molecule has 4 N–H and O–H groups in total. The fourth-order valence-corrected chi connectivity index (χ4v) is 2.22. The first-order valence-electron chi connectivity index (χ1n) is 6.02. The number of phenols is 2. The average molecular weight is 300 g/mol. The Bertz CT molecular complexity index is 889. The first kappa shape index (κ1) is 13.6. The van der Waals surface area contributed by atoms with Gasteiger partial charge in [-0.3, -0.25) is 0 Å². The molecule has 22 heavy (non-hydrogen) atoms. The van der Waals surface area contributed by atoms with E-state index in [1.807, 2.05) is 0 Å². The van der Waals surface area contributed by atoms with Crippen molar-refractivity contribution < 1.29 is 30.0 Å². The SMILES string of the molecule is O=C(O)c1c(C(=O)O)c(O)c2nc3ccccc3nc2c1O. The lowest BCUT2D eigenvalue weighted by atomic mass is 10.0. The van der Waals surface area contributed by atoms with Crippen LogP contribution in [0.1, 0.15) is 20.7 Å². The largest absolute Gasteiger partial charge is 0.505 e. The smallest absolute Gasteiger partial charge is 0.340 e. The van der Waals surface area contributed by atoms with Gasteiger partial charge in [-0.2, -0.15) is 0 Å². The van der Waals surface area contributed by atoms with Crippen LogP contribution in [0.2, 0.25) is 0 Å². The summed E-state index contributed by atoms with van der Waals surface area (Å²) in [7, 11) is 0. The van der Waals surface area contributed by atoms with Crippen molar-refractivity contribution in [1.29, 1.82) is 0 Å². The van der Waals surface area contributed by atoms with Crippen LogP contribution in [0.15, 0.2) is 24.3 Å². The number of carboxylic acid groups (broad SMARTS) is 2. The van der Waals surface area contributed by atoms with Crippen molar-refractivity contribution in [3.63, 3.8) is 0 Å². The molecular formula is C14H8N2O6. The highest BCUT2D eigenvalue weighted by molar-refractivity contribution is 6.12. The summed E-state index contributed by atoms with van der Waals surface area (Å²) < 4.78 is 0. The molecule has 8 nitrogen and oxygen atoms in total. The molecule has 0 fully saturated rings. The second kappa shape index (κ2) is 4.55. The number of aromatic nitrogens is 2. The summed E-state index contributed by atoms with van der Waals surface area (Å²) >= 11 is 0. The van der Waals surface area contributed by atoms with Gasteiger partial charge in [-0.1, -0.05) is 12.1 Å². The summed E-state index contributed by atoms with van der Waals surface area (Å²) in [5.74, 6) is -5.09. The van der Waals surface area contributed by atoms with E-state index in [-0.39, 0.29) is 11.0 Å². The molecule has 0 aliphatic rings. The van der Waals surface area contributed by atoms with Crippen LogP contribution in [-0.4, -0.2) is 42.3 Å².